The highest BCUT2D eigenvalue weighted by molar-refractivity contribution is 6.08. The molecular weight excluding hydrogens is 288 g/mol. The second kappa shape index (κ2) is 5.19. The number of ether oxygens (including phenoxy) is 1. The fourth-order valence-corrected chi connectivity index (χ4v) is 4.55. The molecule has 124 valence electrons. The maximum atomic E-state index is 13.1. The van der Waals surface area contributed by atoms with Crippen LogP contribution < -0.4 is 4.74 Å². The first-order valence-electron chi connectivity index (χ1n) is 8.56. The van der Waals surface area contributed by atoms with Crippen molar-refractivity contribution >= 4 is 11.8 Å². The van der Waals surface area contributed by atoms with Crippen molar-refractivity contribution in [2.45, 2.75) is 59.8 Å². The first-order valence-corrected chi connectivity index (χ1v) is 8.56. The van der Waals surface area contributed by atoms with Gasteiger partial charge in [0.05, 0.1) is 0 Å². The number of aryl methyl sites for hydroxylation is 1. The van der Waals surface area contributed by atoms with Crippen molar-refractivity contribution in [1.82, 2.24) is 0 Å². The molecule has 3 heteroatoms. The Kier molecular flexibility index (Phi) is 3.66. The Morgan fingerprint density at radius 1 is 1.30 bits per heavy atom. The third-order valence-corrected chi connectivity index (χ3v) is 6.24. The van der Waals surface area contributed by atoms with Gasteiger partial charge in [0.1, 0.15) is 11.2 Å². The van der Waals surface area contributed by atoms with Gasteiger partial charge in [-0.1, -0.05) is 39.8 Å². The summed E-state index contributed by atoms with van der Waals surface area (Å²) in [6.07, 6.45) is 2.09. The van der Waals surface area contributed by atoms with Crippen LogP contribution >= 0.6 is 0 Å². The topological polar surface area (TPSA) is 43.4 Å². The zero-order valence-corrected chi connectivity index (χ0v) is 14.7. The van der Waals surface area contributed by atoms with Gasteiger partial charge in [-0.2, -0.15) is 0 Å². The highest BCUT2D eigenvalue weighted by atomic mass is 16.5. The lowest BCUT2D eigenvalue weighted by molar-refractivity contribution is -0.156. The van der Waals surface area contributed by atoms with Gasteiger partial charge < -0.3 is 4.74 Å². The molecule has 2 atom stereocenters. The number of ketones is 1. The molecule has 2 aliphatic rings. The Morgan fingerprint density at radius 2 is 2.00 bits per heavy atom. The number of esters is 1. The zero-order chi connectivity index (χ0) is 17.0. The molecular formula is C20H26O3. The van der Waals surface area contributed by atoms with E-state index in [1.807, 2.05) is 25.1 Å². The number of benzene rings is 1. The first kappa shape index (κ1) is 16.2. The second-order valence-electron chi connectivity index (χ2n) is 8.08. The summed E-state index contributed by atoms with van der Waals surface area (Å²) in [5.74, 6) is 0.907. The van der Waals surface area contributed by atoms with E-state index >= 15 is 0 Å². The van der Waals surface area contributed by atoms with Crippen molar-refractivity contribution in [3.8, 4) is 5.75 Å². The van der Waals surface area contributed by atoms with Crippen LogP contribution in [0.5, 0.6) is 5.75 Å². The van der Waals surface area contributed by atoms with E-state index in [2.05, 4.69) is 27.7 Å². The van der Waals surface area contributed by atoms with Gasteiger partial charge in [-0.25, -0.2) is 0 Å². The Bertz CT molecular complexity index is 671. The van der Waals surface area contributed by atoms with Crippen molar-refractivity contribution in [2.75, 3.05) is 0 Å². The molecule has 0 aromatic heterocycles. The maximum Gasteiger partial charge on any atom is 0.325 e. The molecule has 23 heavy (non-hydrogen) atoms. The third-order valence-electron chi connectivity index (χ3n) is 6.24. The van der Waals surface area contributed by atoms with Gasteiger partial charge in [0, 0.05) is 6.42 Å². The number of carbonyl (C=O) groups excluding carboxylic acids is 2. The second-order valence-corrected chi connectivity index (χ2v) is 8.08. The fraction of sp³-hybridized carbons (Fsp3) is 0.600. The van der Waals surface area contributed by atoms with E-state index in [9.17, 15) is 9.59 Å². The third kappa shape index (κ3) is 2.16. The first-order chi connectivity index (χ1) is 10.7. The van der Waals surface area contributed by atoms with Crippen LogP contribution in [0.4, 0.5) is 0 Å². The average molecular weight is 314 g/mol. The molecule has 2 bridgehead atoms. The molecule has 2 aliphatic carbocycles. The minimum Gasteiger partial charge on any atom is -0.425 e. The summed E-state index contributed by atoms with van der Waals surface area (Å²) in [6, 6.07) is 5.95. The molecule has 0 heterocycles. The molecule has 1 aromatic rings. The van der Waals surface area contributed by atoms with Gasteiger partial charge in [0.15, 0.2) is 5.78 Å². The number of carbonyl (C=O) groups is 2. The summed E-state index contributed by atoms with van der Waals surface area (Å²) in [5.41, 5.74) is 0.813. The van der Waals surface area contributed by atoms with E-state index in [4.69, 9.17) is 4.74 Å². The number of hydrogen-bond donors (Lipinski definition) is 0. The number of Topliss-reactive ketones (excluding diaryl/α,β-unsaturated/α-hetero) is 1. The minimum atomic E-state index is -0.949. The van der Waals surface area contributed by atoms with E-state index in [0.717, 1.165) is 17.5 Å². The van der Waals surface area contributed by atoms with Crippen LogP contribution in [0.2, 0.25) is 0 Å². The molecule has 2 saturated carbocycles. The molecule has 1 aromatic carbocycles. The van der Waals surface area contributed by atoms with E-state index in [-0.39, 0.29) is 23.1 Å². The summed E-state index contributed by atoms with van der Waals surface area (Å²) in [7, 11) is 0. The van der Waals surface area contributed by atoms with Crippen molar-refractivity contribution in [3.05, 3.63) is 29.3 Å². The molecule has 3 nitrogen and oxygen atoms in total. The largest absolute Gasteiger partial charge is 0.425 e. The van der Waals surface area contributed by atoms with Crippen LogP contribution in [-0.4, -0.2) is 11.8 Å². The van der Waals surface area contributed by atoms with Crippen LogP contribution in [0.25, 0.3) is 0 Å². The lowest BCUT2D eigenvalue weighted by Gasteiger charge is -2.34. The maximum absolute atomic E-state index is 13.1. The summed E-state index contributed by atoms with van der Waals surface area (Å²) in [6.45, 7) is 10.2. The standard InChI is InChI=1S/C20H26O3/c1-12(2)15-7-6-13(3)10-16(15)23-18(22)20-9-8-14(11-17(20)21)19(20,4)5/h6-7,10,12,14H,8-9,11H2,1-5H3. The molecule has 0 saturated heterocycles. The SMILES string of the molecule is Cc1ccc(C(C)C)c(OC(=O)C23CCC(CC2=O)C3(C)C)c1. The molecule has 0 N–H and O–H groups in total. The van der Waals surface area contributed by atoms with E-state index in [1.165, 1.54) is 0 Å². The van der Waals surface area contributed by atoms with Gasteiger partial charge in [0.25, 0.3) is 0 Å². The van der Waals surface area contributed by atoms with Crippen molar-refractivity contribution in [2.24, 2.45) is 16.7 Å². The Labute approximate surface area is 138 Å². The van der Waals surface area contributed by atoms with Crippen LogP contribution in [0, 0.1) is 23.7 Å². The predicted molar refractivity (Wildman–Crippen MR) is 89.5 cm³/mol. The van der Waals surface area contributed by atoms with Crippen molar-refractivity contribution < 1.29 is 14.3 Å². The zero-order valence-electron chi connectivity index (χ0n) is 14.7. The summed E-state index contributed by atoms with van der Waals surface area (Å²) in [5, 5.41) is 0. The van der Waals surface area contributed by atoms with Crippen LogP contribution in [0.15, 0.2) is 18.2 Å². The van der Waals surface area contributed by atoms with Crippen molar-refractivity contribution in [3.63, 3.8) is 0 Å². The molecule has 0 radical (unpaired) electrons. The fourth-order valence-electron chi connectivity index (χ4n) is 4.55. The number of hydrogen-bond acceptors (Lipinski definition) is 3. The lowest BCUT2D eigenvalue weighted by atomic mass is 9.69. The highest BCUT2D eigenvalue weighted by Crippen LogP contribution is 2.64. The van der Waals surface area contributed by atoms with Gasteiger partial charge in [-0.05, 0) is 54.2 Å². The van der Waals surface area contributed by atoms with Crippen molar-refractivity contribution in [1.29, 1.82) is 0 Å². The Morgan fingerprint density at radius 3 is 2.52 bits per heavy atom. The van der Waals surface area contributed by atoms with E-state index < -0.39 is 5.41 Å². The molecule has 0 amide bonds. The summed E-state index contributed by atoms with van der Waals surface area (Å²) < 4.78 is 5.84. The Balaban J connectivity index is 1.97. The highest BCUT2D eigenvalue weighted by Gasteiger charge is 2.69. The number of fused-ring (bicyclic) bond motifs is 2. The van der Waals surface area contributed by atoms with Crippen LogP contribution in [0.1, 0.15) is 64.0 Å². The molecule has 2 unspecified atom stereocenters. The molecule has 3 rings (SSSR count). The van der Waals surface area contributed by atoms with Gasteiger partial charge in [-0.3, -0.25) is 9.59 Å². The summed E-state index contributed by atoms with van der Waals surface area (Å²) in [4.78, 5) is 25.7. The van der Waals surface area contributed by atoms with Gasteiger partial charge >= 0.3 is 5.97 Å². The Hall–Kier alpha value is -1.64. The number of rotatable bonds is 3. The van der Waals surface area contributed by atoms with Gasteiger partial charge in [-0.15, -0.1) is 0 Å². The monoisotopic (exact) mass is 314 g/mol. The van der Waals surface area contributed by atoms with Crippen LogP contribution in [-0.2, 0) is 9.59 Å². The predicted octanol–water partition coefficient (Wildman–Crippen LogP) is 4.42. The van der Waals surface area contributed by atoms with E-state index in [0.29, 0.717) is 24.5 Å². The lowest BCUT2D eigenvalue weighted by Crippen LogP contribution is -2.46. The smallest absolute Gasteiger partial charge is 0.325 e. The van der Waals surface area contributed by atoms with E-state index in [1.54, 1.807) is 0 Å². The minimum absolute atomic E-state index is 0.0718. The van der Waals surface area contributed by atoms with Gasteiger partial charge in [0.2, 0.25) is 0 Å². The normalized spacial score (nSPS) is 28.4. The average Bonchev–Trinajstić information content (AvgIpc) is 2.81. The quantitative estimate of drug-likeness (QED) is 0.471. The molecule has 2 fully saturated rings. The summed E-state index contributed by atoms with van der Waals surface area (Å²) >= 11 is 0. The molecule has 0 spiro atoms. The molecule has 0 aliphatic heterocycles. The van der Waals surface area contributed by atoms with Crippen LogP contribution in [0.3, 0.4) is 0 Å².